The first kappa shape index (κ1) is 10.8. The highest BCUT2D eigenvalue weighted by Crippen LogP contribution is 2.31. The standard InChI is InChI=1S/C13H17N/c1-7-11-10(6)14-13(9(4)5)12(11)8(2)3/h1,8-9H,6H2,2-5H3. The first-order valence-corrected chi connectivity index (χ1v) is 4.98. The predicted molar refractivity (Wildman–Crippen MR) is 62.1 cm³/mol. The molecule has 0 fully saturated rings. The zero-order chi connectivity index (χ0) is 10.9. The molecule has 1 heterocycles. The highest BCUT2D eigenvalue weighted by Gasteiger charge is 2.25. The van der Waals surface area contributed by atoms with Crippen molar-refractivity contribution >= 4 is 5.71 Å². The summed E-state index contributed by atoms with van der Waals surface area (Å²) >= 11 is 0. The second-order valence-corrected chi connectivity index (χ2v) is 4.19. The molecule has 1 nitrogen and oxygen atoms in total. The lowest BCUT2D eigenvalue weighted by Crippen LogP contribution is -2.13. The van der Waals surface area contributed by atoms with Crippen LogP contribution in [0.2, 0.25) is 0 Å². The molecule has 0 spiro atoms. The summed E-state index contributed by atoms with van der Waals surface area (Å²) in [5.74, 6) is 3.53. The summed E-state index contributed by atoms with van der Waals surface area (Å²) in [6, 6.07) is 0. The van der Waals surface area contributed by atoms with Gasteiger partial charge in [-0.15, -0.1) is 6.42 Å². The van der Waals surface area contributed by atoms with Crippen LogP contribution >= 0.6 is 0 Å². The second kappa shape index (κ2) is 3.84. The van der Waals surface area contributed by atoms with Crippen LogP contribution in [-0.2, 0) is 0 Å². The van der Waals surface area contributed by atoms with Gasteiger partial charge in [0.05, 0.1) is 11.3 Å². The first-order chi connectivity index (χ1) is 6.49. The third kappa shape index (κ3) is 1.65. The van der Waals surface area contributed by atoms with Crippen LogP contribution in [0.1, 0.15) is 27.7 Å². The van der Waals surface area contributed by atoms with E-state index in [1.807, 2.05) is 0 Å². The van der Waals surface area contributed by atoms with E-state index in [9.17, 15) is 0 Å². The number of nitrogens with zero attached hydrogens (tertiary/aromatic N) is 1. The number of rotatable bonds is 2. The van der Waals surface area contributed by atoms with Gasteiger partial charge in [0.2, 0.25) is 0 Å². The van der Waals surface area contributed by atoms with Gasteiger partial charge >= 0.3 is 0 Å². The number of aliphatic imine (C=N–C) groups is 1. The van der Waals surface area contributed by atoms with Gasteiger partial charge in [-0.3, -0.25) is 4.99 Å². The van der Waals surface area contributed by atoms with Crippen molar-refractivity contribution in [1.82, 2.24) is 0 Å². The maximum atomic E-state index is 5.47. The fourth-order valence-electron chi connectivity index (χ4n) is 1.73. The van der Waals surface area contributed by atoms with Crippen molar-refractivity contribution in [2.24, 2.45) is 16.8 Å². The second-order valence-electron chi connectivity index (χ2n) is 4.19. The van der Waals surface area contributed by atoms with Crippen LogP contribution in [0.5, 0.6) is 0 Å². The van der Waals surface area contributed by atoms with Crippen molar-refractivity contribution < 1.29 is 0 Å². The van der Waals surface area contributed by atoms with Gasteiger partial charge < -0.3 is 0 Å². The van der Waals surface area contributed by atoms with E-state index in [4.69, 9.17) is 6.42 Å². The van der Waals surface area contributed by atoms with Gasteiger partial charge in [-0.1, -0.05) is 40.2 Å². The lowest BCUT2D eigenvalue weighted by Gasteiger charge is -2.13. The minimum atomic E-state index is 0.412. The lowest BCUT2D eigenvalue weighted by atomic mass is 9.89. The summed E-state index contributed by atoms with van der Waals surface area (Å²) in [6.45, 7) is 12.4. The van der Waals surface area contributed by atoms with Crippen LogP contribution < -0.4 is 0 Å². The summed E-state index contributed by atoms with van der Waals surface area (Å²) in [5.41, 5.74) is 3.95. The average molecular weight is 187 g/mol. The Kier molecular flexibility index (Phi) is 2.96. The Labute approximate surface area is 86.6 Å². The van der Waals surface area contributed by atoms with E-state index < -0.39 is 0 Å². The zero-order valence-electron chi connectivity index (χ0n) is 9.39. The molecule has 1 aliphatic rings. The Morgan fingerprint density at radius 1 is 1.21 bits per heavy atom. The van der Waals surface area contributed by atoms with Crippen molar-refractivity contribution in [3.63, 3.8) is 0 Å². The van der Waals surface area contributed by atoms with Gasteiger partial charge in [0, 0.05) is 5.71 Å². The van der Waals surface area contributed by atoms with Crippen LogP contribution in [0.15, 0.2) is 28.4 Å². The van der Waals surface area contributed by atoms with Crippen molar-refractivity contribution in [3.8, 4) is 12.3 Å². The lowest BCUT2D eigenvalue weighted by molar-refractivity contribution is 0.777. The monoisotopic (exact) mass is 187 g/mol. The highest BCUT2D eigenvalue weighted by molar-refractivity contribution is 6.07. The minimum Gasteiger partial charge on any atom is -0.252 e. The van der Waals surface area contributed by atoms with Gasteiger partial charge in [-0.25, -0.2) is 0 Å². The third-order valence-electron chi connectivity index (χ3n) is 2.36. The third-order valence-corrected chi connectivity index (χ3v) is 2.36. The predicted octanol–water partition coefficient (Wildman–Crippen LogP) is 3.20. The molecular formula is C13H17N. The SMILES string of the molecule is C#CC1=C(C(C)C)C(C(C)C)=NC1=C. The molecule has 0 aromatic carbocycles. The van der Waals surface area contributed by atoms with E-state index in [1.165, 1.54) is 5.57 Å². The van der Waals surface area contributed by atoms with E-state index >= 15 is 0 Å². The van der Waals surface area contributed by atoms with Crippen LogP contribution in [0.4, 0.5) is 0 Å². The molecule has 1 aliphatic heterocycles. The summed E-state index contributed by atoms with van der Waals surface area (Å²) in [4.78, 5) is 4.45. The highest BCUT2D eigenvalue weighted by atomic mass is 14.8. The zero-order valence-corrected chi connectivity index (χ0v) is 9.39. The van der Waals surface area contributed by atoms with E-state index in [2.05, 4.69) is 45.2 Å². The Morgan fingerprint density at radius 3 is 2.14 bits per heavy atom. The van der Waals surface area contributed by atoms with Gasteiger partial charge in [0.1, 0.15) is 0 Å². The van der Waals surface area contributed by atoms with Crippen molar-refractivity contribution in [2.75, 3.05) is 0 Å². The molecule has 0 N–H and O–H groups in total. The van der Waals surface area contributed by atoms with Crippen LogP contribution in [0, 0.1) is 24.2 Å². The summed E-state index contributed by atoms with van der Waals surface area (Å²) < 4.78 is 0. The average Bonchev–Trinajstić information content (AvgIpc) is 2.42. The van der Waals surface area contributed by atoms with E-state index in [-0.39, 0.29) is 0 Å². The number of hydrogen-bond acceptors (Lipinski definition) is 1. The topological polar surface area (TPSA) is 12.4 Å². The number of hydrogen-bond donors (Lipinski definition) is 0. The fraction of sp³-hybridized carbons (Fsp3) is 0.462. The smallest absolute Gasteiger partial charge is 0.0721 e. The Morgan fingerprint density at radius 2 is 1.79 bits per heavy atom. The Balaban J connectivity index is 3.26. The van der Waals surface area contributed by atoms with Crippen LogP contribution in [0.3, 0.4) is 0 Å². The minimum absolute atomic E-state index is 0.412. The molecule has 1 rings (SSSR count). The van der Waals surface area contributed by atoms with Crippen molar-refractivity contribution in [3.05, 3.63) is 23.4 Å². The first-order valence-electron chi connectivity index (χ1n) is 4.98. The Hall–Kier alpha value is -1.29. The largest absolute Gasteiger partial charge is 0.252 e. The molecule has 0 saturated carbocycles. The van der Waals surface area contributed by atoms with Crippen molar-refractivity contribution in [2.45, 2.75) is 27.7 Å². The molecule has 74 valence electrons. The molecule has 0 aliphatic carbocycles. The van der Waals surface area contributed by atoms with Gasteiger partial charge in [-0.2, -0.15) is 0 Å². The molecule has 0 bridgehead atoms. The van der Waals surface area contributed by atoms with E-state index in [0.717, 1.165) is 17.0 Å². The normalized spacial score (nSPS) is 16.6. The van der Waals surface area contributed by atoms with Gasteiger partial charge in [0.25, 0.3) is 0 Å². The quantitative estimate of drug-likeness (QED) is 0.589. The Bertz CT molecular complexity index is 359. The van der Waals surface area contributed by atoms with E-state index in [0.29, 0.717) is 11.8 Å². The molecule has 0 unspecified atom stereocenters. The molecule has 14 heavy (non-hydrogen) atoms. The molecule has 0 amide bonds. The van der Waals surface area contributed by atoms with Crippen molar-refractivity contribution in [1.29, 1.82) is 0 Å². The molecule has 0 atom stereocenters. The van der Waals surface area contributed by atoms with Gasteiger partial charge in [-0.05, 0) is 17.4 Å². The molecule has 1 heteroatoms. The molecule has 0 aromatic heterocycles. The summed E-state index contributed by atoms with van der Waals surface area (Å²) in [7, 11) is 0. The summed E-state index contributed by atoms with van der Waals surface area (Å²) in [6.07, 6.45) is 5.47. The van der Waals surface area contributed by atoms with Gasteiger partial charge in [0.15, 0.2) is 0 Å². The maximum absolute atomic E-state index is 5.47. The van der Waals surface area contributed by atoms with Crippen LogP contribution in [-0.4, -0.2) is 5.71 Å². The maximum Gasteiger partial charge on any atom is 0.0721 e. The number of allylic oxidation sites excluding steroid dienone is 2. The number of terminal acetylenes is 1. The molecule has 0 radical (unpaired) electrons. The van der Waals surface area contributed by atoms with E-state index in [1.54, 1.807) is 0 Å². The van der Waals surface area contributed by atoms with Crippen LogP contribution in [0.25, 0.3) is 0 Å². The fourth-order valence-corrected chi connectivity index (χ4v) is 1.73. The molecule has 0 saturated heterocycles. The molecule has 0 aromatic rings. The summed E-state index contributed by atoms with van der Waals surface area (Å²) in [5, 5.41) is 0. The molecular weight excluding hydrogens is 170 g/mol.